The number of hydrogen-bond acceptors (Lipinski definition) is 4. The number of carbonyl (C=O) groups excluding carboxylic acids is 1. The molecule has 0 aliphatic rings. The number of alkyl halides is 2. The lowest BCUT2D eigenvalue weighted by Gasteiger charge is -2.23. The third kappa shape index (κ3) is 8.39. The quantitative estimate of drug-likeness (QED) is 0.196. The molecule has 0 saturated heterocycles. The lowest BCUT2D eigenvalue weighted by molar-refractivity contribution is -0.136. The van der Waals surface area contributed by atoms with Crippen molar-refractivity contribution >= 4 is 11.9 Å². The van der Waals surface area contributed by atoms with Crippen LogP contribution in [-0.4, -0.2) is 35.0 Å². The first-order chi connectivity index (χ1) is 19.4. The zero-order valence-electron chi connectivity index (χ0n) is 21.7. The molecular formula is C32H29F2NO5. The number of carbonyl (C=O) groups is 2. The number of aliphatic carboxylic acids is 1. The predicted octanol–water partition coefficient (Wildman–Crippen LogP) is 6.98. The number of amides is 1. The second kappa shape index (κ2) is 13.9. The van der Waals surface area contributed by atoms with Crippen LogP contribution in [0.4, 0.5) is 8.78 Å². The second-order valence-corrected chi connectivity index (χ2v) is 9.14. The van der Waals surface area contributed by atoms with Crippen molar-refractivity contribution in [1.82, 2.24) is 4.90 Å². The van der Waals surface area contributed by atoms with E-state index in [2.05, 4.69) is 4.74 Å². The van der Waals surface area contributed by atoms with Crippen molar-refractivity contribution in [1.29, 1.82) is 0 Å². The van der Waals surface area contributed by atoms with Gasteiger partial charge in [-0.05, 0) is 66.4 Å². The average molecular weight is 546 g/mol. The molecule has 0 aliphatic heterocycles. The summed E-state index contributed by atoms with van der Waals surface area (Å²) in [4.78, 5) is 26.3. The molecule has 6 nitrogen and oxygen atoms in total. The van der Waals surface area contributed by atoms with Crippen LogP contribution in [0.2, 0.25) is 0 Å². The van der Waals surface area contributed by atoms with Crippen LogP contribution in [-0.2, 0) is 24.2 Å². The van der Waals surface area contributed by atoms with Crippen LogP contribution >= 0.6 is 0 Å². The van der Waals surface area contributed by atoms with Gasteiger partial charge in [-0.15, -0.1) is 0 Å². The summed E-state index contributed by atoms with van der Waals surface area (Å²) in [7, 11) is 0. The highest BCUT2D eigenvalue weighted by atomic mass is 19.3. The maximum atomic E-state index is 13.4. The number of aryl methyl sites for hydroxylation is 1. The van der Waals surface area contributed by atoms with Gasteiger partial charge in [0.05, 0.1) is 6.42 Å². The summed E-state index contributed by atoms with van der Waals surface area (Å²) in [6.45, 7) is -2.11. The van der Waals surface area contributed by atoms with E-state index in [1.807, 2.05) is 42.5 Å². The summed E-state index contributed by atoms with van der Waals surface area (Å²) in [6, 6.07) is 29.9. The summed E-state index contributed by atoms with van der Waals surface area (Å²) in [5.74, 6) is -0.172. The fourth-order valence-electron chi connectivity index (χ4n) is 4.26. The summed E-state index contributed by atoms with van der Waals surface area (Å²) in [5, 5.41) is 9.16. The van der Waals surface area contributed by atoms with Crippen LogP contribution in [0.1, 0.15) is 33.5 Å². The highest BCUT2D eigenvalue weighted by Crippen LogP contribution is 2.26. The van der Waals surface area contributed by atoms with Gasteiger partial charge in [-0.2, -0.15) is 8.78 Å². The fraction of sp³-hybridized carbons (Fsp3) is 0.188. The predicted molar refractivity (Wildman–Crippen MR) is 147 cm³/mol. The van der Waals surface area contributed by atoms with Crippen molar-refractivity contribution in [2.75, 3.05) is 6.54 Å². The topological polar surface area (TPSA) is 76.1 Å². The Morgan fingerprint density at radius 2 is 1.43 bits per heavy atom. The van der Waals surface area contributed by atoms with E-state index in [0.29, 0.717) is 35.7 Å². The van der Waals surface area contributed by atoms with Gasteiger partial charge in [0, 0.05) is 24.2 Å². The number of nitrogens with zero attached hydrogens (tertiary/aromatic N) is 1. The Bertz CT molecular complexity index is 1390. The SMILES string of the molecule is O=C(O)Cc1ccccc1Oc1ccc(CN(CCCc2ccccc2)C(=O)c2ccc(OC(F)F)cc2)cc1. The van der Waals surface area contributed by atoms with E-state index in [1.165, 1.54) is 29.8 Å². The highest BCUT2D eigenvalue weighted by molar-refractivity contribution is 5.94. The normalized spacial score (nSPS) is 10.8. The minimum absolute atomic E-state index is 0.0114. The van der Waals surface area contributed by atoms with Gasteiger partial charge >= 0.3 is 12.6 Å². The summed E-state index contributed by atoms with van der Waals surface area (Å²) >= 11 is 0. The van der Waals surface area contributed by atoms with Gasteiger partial charge < -0.3 is 19.5 Å². The van der Waals surface area contributed by atoms with Gasteiger partial charge in [0.1, 0.15) is 17.2 Å². The van der Waals surface area contributed by atoms with E-state index < -0.39 is 12.6 Å². The number of benzene rings is 4. The first kappa shape index (κ1) is 28.3. The Labute approximate surface area is 231 Å². The molecule has 0 unspecified atom stereocenters. The molecule has 0 heterocycles. The van der Waals surface area contributed by atoms with Gasteiger partial charge in [-0.3, -0.25) is 9.59 Å². The van der Waals surface area contributed by atoms with Gasteiger partial charge in [0.2, 0.25) is 0 Å². The second-order valence-electron chi connectivity index (χ2n) is 9.14. The molecule has 0 saturated carbocycles. The smallest absolute Gasteiger partial charge is 0.387 e. The standard InChI is InChI=1S/C32H29F2NO5/c33-32(34)40-28-18-14-25(15-19-28)31(38)35(20-6-9-23-7-2-1-3-8-23)22-24-12-16-27(17-13-24)39-29-11-5-4-10-26(29)21-30(36)37/h1-5,7-8,10-19,32H,6,9,20-22H2,(H,36,37). The van der Waals surface area contributed by atoms with Crippen LogP contribution in [0.15, 0.2) is 103 Å². The lowest BCUT2D eigenvalue weighted by Crippen LogP contribution is -2.31. The number of rotatable bonds is 13. The van der Waals surface area contributed by atoms with Crippen molar-refractivity contribution < 1.29 is 33.0 Å². The number of hydrogen-bond donors (Lipinski definition) is 1. The zero-order chi connectivity index (χ0) is 28.3. The third-order valence-corrected chi connectivity index (χ3v) is 6.19. The molecule has 0 spiro atoms. The average Bonchev–Trinajstić information content (AvgIpc) is 2.94. The molecule has 8 heteroatoms. The molecule has 206 valence electrons. The molecule has 0 aromatic heterocycles. The number of halogens is 2. The Hall–Kier alpha value is -4.72. The first-order valence-corrected chi connectivity index (χ1v) is 12.8. The van der Waals surface area contributed by atoms with Crippen molar-refractivity contribution in [2.24, 2.45) is 0 Å². The van der Waals surface area contributed by atoms with E-state index in [9.17, 15) is 18.4 Å². The van der Waals surface area contributed by atoms with Crippen LogP contribution in [0, 0.1) is 0 Å². The molecule has 0 atom stereocenters. The molecule has 0 aliphatic carbocycles. The van der Waals surface area contributed by atoms with Crippen molar-refractivity contribution in [3.8, 4) is 17.2 Å². The molecule has 1 N–H and O–H groups in total. The van der Waals surface area contributed by atoms with Crippen molar-refractivity contribution in [2.45, 2.75) is 32.4 Å². The van der Waals surface area contributed by atoms with Crippen molar-refractivity contribution in [3.63, 3.8) is 0 Å². The molecule has 4 aromatic carbocycles. The van der Waals surface area contributed by atoms with Gasteiger partial charge in [0.25, 0.3) is 5.91 Å². The lowest BCUT2D eigenvalue weighted by atomic mass is 10.1. The molecule has 40 heavy (non-hydrogen) atoms. The zero-order valence-corrected chi connectivity index (χ0v) is 21.7. The minimum Gasteiger partial charge on any atom is -0.481 e. The third-order valence-electron chi connectivity index (χ3n) is 6.19. The maximum Gasteiger partial charge on any atom is 0.387 e. The molecule has 4 aromatic rings. The van der Waals surface area contributed by atoms with Crippen LogP contribution in [0.25, 0.3) is 0 Å². The van der Waals surface area contributed by atoms with E-state index in [-0.39, 0.29) is 18.1 Å². The van der Waals surface area contributed by atoms with E-state index >= 15 is 0 Å². The molecule has 0 radical (unpaired) electrons. The molecule has 0 fully saturated rings. The number of para-hydroxylation sites is 1. The van der Waals surface area contributed by atoms with E-state index in [0.717, 1.165) is 18.4 Å². The van der Waals surface area contributed by atoms with Crippen molar-refractivity contribution in [3.05, 3.63) is 125 Å². The monoisotopic (exact) mass is 545 g/mol. The summed E-state index contributed by atoms with van der Waals surface area (Å²) in [6.07, 6.45) is 1.39. The largest absolute Gasteiger partial charge is 0.481 e. The Morgan fingerprint density at radius 3 is 2.10 bits per heavy atom. The van der Waals surface area contributed by atoms with Crippen LogP contribution < -0.4 is 9.47 Å². The van der Waals surface area contributed by atoms with Crippen LogP contribution in [0.5, 0.6) is 17.2 Å². The summed E-state index contributed by atoms with van der Waals surface area (Å²) in [5.41, 5.74) is 2.99. The minimum atomic E-state index is -2.94. The van der Waals surface area contributed by atoms with E-state index in [4.69, 9.17) is 9.84 Å². The van der Waals surface area contributed by atoms with Gasteiger partial charge in [-0.1, -0.05) is 60.7 Å². The highest BCUT2D eigenvalue weighted by Gasteiger charge is 2.17. The fourth-order valence-corrected chi connectivity index (χ4v) is 4.26. The number of ether oxygens (including phenoxy) is 2. The Kier molecular flexibility index (Phi) is 9.83. The van der Waals surface area contributed by atoms with E-state index in [1.54, 1.807) is 41.3 Å². The maximum absolute atomic E-state index is 13.4. The van der Waals surface area contributed by atoms with Gasteiger partial charge in [-0.25, -0.2) is 0 Å². The molecular weight excluding hydrogens is 516 g/mol. The number of carboxylic acids is 1. The molecule has 1 amide bonds. The summed E-state index contributed by atoms with van der Waals surface area (Å²) < 4.78 is 35.4. The Morgan fingerprint density at radius 1 is 0.775 bits per heavy atom. The molecule has 4 rings (SSSR count). The first-order valence-electron chi connectivity index (χ1n) is 12.8. The number of carboxylic acid groups (broad SMARTS) is 1. The Balaban J connectivity index is 1.46. The van der Waals surface area contributed by atoms with Gasteiger partial charge in [0.15, 0.2) is 0 Å². The van der Waals surface area contributed by atoms with Crippen LogP contribution in [0.3, 0.4) is 0 Å². The molecule has 0 bridgehead atoms.